The SMILES string of the molecule is CCNC1CC2(CCN(C(C)C)C2)Oc2ccc(Br)cc21. The molecule has 0 aromatic heterocycles. The van der Waals surface area contributed by atoms with E-state index in [-0.39, 0.29) is 5.60 Å². The van der Waals surface area contributed by atoms with Crippen molar-refractivity contribution >= 4 is 15.9 Å². The molecule has 0 aliphatic carbocycles. The molecule has 1 fully saturated rings. The van der Waals surface area contributed by atoms with E-state index in [0.717, 1.165) is 42.7 Å². The fourth-order valence-electron chi connectivity index (χ4n) is 3.64. The summed E-state index contributed by atoms with van der Waals surface area (Å²) in [5.41, 5.74) is 1.28. The van der Waals surface area contributed by atoms with Crippen LogP contribution in [0.2, 0.25) is 0 Å². The molecule has 0 radical (unpaired) electrons. The molecule has 3 nitrogen and oxygen atoms in total. The highest BCUT2D eigenvalue weighted by molar-refractivity contribution is 9.10. The van der Waals surface area contributed by atoms with E-state index in [1.165, 1.54) is 5.56 Å². The Labute approximate surface area is 136 Å². The van der Waals surface area contributed by atoms with Gasteiger partial charge in [0.2, 0.25) is 0 Å². The number of nitrogens with zero attached hydrogens (tertiary/aromatic N) is 1. The average Bonchev–Trinajstić information content (AvgIpc) is 2.84. The molecular formula is C17H25BrN2O. The van der Waals surface area contributed by atoms with Crippen LogP contribution in [-0.4, -0.2) is 36.2 Å². The molecule has 1 aromatic carbocycles. The van der Waals surface area contributed by atoms with Crippen LogP contribution in [0.3, 0.4) is 0 Å². The van der Waals surface area contributed by atoms with Gasteiger partial charge in [-0.3, -0.25) is 4.90 Å². The molecule has 3 rings (SSSR count). The summed E-state index contributed by atoms with van der Waals surface area (Å²) >= 11 is 3.58. The Morgan fingerprint density at radius 1 is 1.48 bits per heavy atom. The summed E-state index contributed by atoms with van der Waals surface area (Å²) in [6, 6.07) is 7.38. The van der Waals surface area contributed by atoms with E-state index in [4.69, 9.17) is 4.74 Å². The first-order valence-corrected chi connectivity index (χ1v) is 8.78. The van der Waals surface area contributed by atoms with Crippen LogP contribution in [0.4, 0.5) is 0 Å². The molecule has 21 heavy (non-hydrogen) atoms. The summed E-state index contributed by atoms with van der Waals surface area (Å²) in [7, 11) is 0. The van der Waals surface area contributed by atoms with Crippen LogP contribution in [-0.2, 0) is 0 Å². The number of hydrogen-bond acceptors (Lipinski definition) is 3. The zero-order valence-electron chi connectivity index (χ0n) is 13.2. The fraction of sp³-hybridized carbons (Fsp3) is 0.647. The highest BCUT2D eigenvalue weighted by Gasteiger charge is 2.46. The third-order valence-corrected chi connectivity index (χ3v) is 5.27. The molecule has 116 valence electrons. The molecule has 2 unspecified atom stereocenters. The van der Waals surface area contributed by atoms with Crippen molar-refractivity contribution in [3.05, 3.63) is 28.2 Å². The van der Waals surface area contributed by atoms with Gasteiger partial charge in [0, 0.05) is 48.1 Å². The van der Waals surface area contributed by atoms with Crippen molar-refractivity contribution in [3.63, 3.8) is 0 Å². The minimum absolute atomic E-state index is 0.0159. The zero-order chi connectivity index (χ0) is 15.0. The van der Waals surface area contributed by atoms with Gasteiger partial charge in [-0.15, -0.1) is 0 Å². The summed E-state index contributed by atoms with van der Waals surface area (Å²) < 4.78 is 7.61. The Morgan fingerprint density at radius 2 is 2.29 bits per heavy atom. The van der Waals surface area contributed by atoms with Crippen LogP contribution < -0.4 is 10.1 Å². The lowest BCUT2D eigenvalue weighted by Crippen LogP contribution is -2.47. The van der Waals surface area contributed by atoms with E-state index in [9.17, 15) is 0 Å². The molecule has 4 heteroatoms. The Bertz CT molecular complexity index is 520. The summed E-state index contributed by atoms with van der Waals surface area (Å²) in [5, 5.41) is 3.64. The van der Waals surface area contributed by atoms with Gasteiger partial charge in [-0.25, -0.2) is 0 Å². The average molecular weight is 353 g/mol. The number of fused-ring (bicyclic) bond motifs is 1. The van der Waals surface area contributed by atoms with E-state index in [1.54, 1.807) is 0 Å². The van der Waals surface area contributed by atoms with Crippen LogP contribution >= 0.6 is 15.9 Å². The van der Waals surface area contributed by atoms with Crippen LogP contribution in [0.1, 0.15) is 45.2 Å². The van der Waals surface area contributed by atoms with Gasteiger partial charge in [0.25, 0.3) is 0 Å². The molecule has 1 saturated heterocycles. The molecule has 0 amide bonds. The van der Waals surface area contributed by atoms with E-state index < -0.39 is 0 Å². The standard InChI is InChI=1S/C17H25BrN2O/c1-4-19-15-10-17(7-8-20(11-17)12(2)3)21-16-6-5-13(18)9-14(15)16/h5-6,9,12,15,19H,4,7-8,10-11H2,1-3H3. The van der Waals surface area contributed by atoms with Crippen molar-refractivity contribution in [2.24, 2.45) is 0 Å². The predicted octanol–water partition coefficient (Wildman–Crippen LogP) is 3.74. The molecule has 1 N–H and O–H groups in total. The molecule has 2 atom stereocenters. The maximum Gasteiger partial charge on any atom is 0.125 e. The quantitative estimate of drug-likeness (QED) is 0.896. The summed E-state index contributed by atoms with van der Waals surface area (Å²) in [4.78, 5) is 2.53. The highest BCUT2D eigenvalue weighted by atomic mass is 79.9. The smallest absolute Gasteiger partial charge is 0.125 e. The number of halogens is 1. The van der Waals surface area contributed by atoms with E-state index >= 15 is 0 Å². The van der Waals surface area contributed by atoms with Gasteiger partial charge in [-0.1, -0.05) is 22.9 Å². The van der Waals surface area contributed by atoms with Gasteiger partial charge >= 0.3 is 0 Å². The third kappa shape index (κ3) is 2.99. The molecule has 2 aliphatic rings. The predicted molar refractivity (Wildman–Crippen MR) is 89.9 cm³/mol. The first kappa shape index (κ1) is 15.3. The summed E-state index contributed by atoms with van der Waals surface area (Å²) in [6.07, 6.45) is 2.19. The van der Waals surface area contributed by atoms with Crippen LogP contribution in [0.5, 0.6) is 5.75 Å². The Kier molecular flexibility index (Phi) is 4.30. The lowest BCUT2D eigenvalue weighted by atomic mass is 9.86. The molecule has 1 aromatic rings. The maximum atomic E-state index is 6.49. The van der Waals surface area contributed by atoms with Gasteiger partial charge in [0.15, 0.2) is 0 Å². The van der Waals surface area contributed by atoms with E-state index in [0.29, 0.717) is 12.1 Å². The van der Waals surface area contributed by atoms with Crippen LogP contribution in [0.15, 0.2) is 22.7 Å². The van der Waals surface area contributed by atoms with E-state index in [1.807, 2.05) is 0 Å². The second kappa shape index (κ2) is 5.90. The van der Waals surface area contributed by atoms with Crippen molar-refractivity contribution in [2.75, 3.05) is 19.6 Å². The lowest BCUT2D eigenvalue weighted by Gasteiger charge is -2.40. The number of nitrogens with one attached hydrogen (secondary N) is 1. The van der Waals surface area contributed by atoms with Crippen molar-refractivity contribution < 1.29 is 4.74 Å². The lowest BCUT2D eigenvalue weighted by molar-refractivity contribution is 0.0356. The number of benzene rings is 1. The van der Waals surface area contributed by atoms with Crippen molar-refractivity contribution in [3.8, 4) is 5.75 Å². The van der Waals surface area contributed by atoms with Gasteiger partial charge < -0.3 is 10.1 Å². The topological polar surface area (TPSA) is 24.5 Å². The Balaban J connectivity index is 1.89. The largest absolute Gasteiger partial charge is 0.485 e. The number of likely N-dealkylation sites (tertiary alicyclic amines) is 1. The molecule has 1 spiro atoms. The number of rotatable bonds is 3. The van der Waals surface area contributed by atoms with Crippen molar-refractivity contribution in [2.45, 2.75) is 51.3 Å². The molecule has 2 heterocycles. The summed E-state index contributed by atoms with van der Waals surface area (Å²) in [6.45, 7) is 9.89. The number of ether oxygens (including phenoxy) is 1. The van der Waals surface area contributed by atoms with Crippen LogP contribution in [0, 0.1) is 0 Å². The monoisotopic (exact) mass is 352 g/mol. The third-order valence-electron chi connectivity index (χ3n) is 4.78. The minimum Gasteiger partial charge on any atom is -0.485 e. The first-order valence-electron chi connectivity index (χ1n) is 7.99. The summed E-state index contributed by atoms with van der Waals surface area (Å²) in [5.74, 6) is 1.06. The zero-order valence-corrected chi connectivity index (χ0v) is 14.7. The Hall–Kier alpha value is -0.580. The van der Waals surface area contributed by atoms with Crippen LogP contribution in [0.25, 0.3) is 0 Å². The molecule has 0 saturated carbocycles. The normalized spacial score (nSPS) is 28.9. The second-order valence-electron chi connectivity index (χ2n) is 6.60. The van der Waals surface area contributed by atoms with Crippen molar-refractivity contribution in [1.29, 1.82) is 0 Å². The first-order chi connectivity index (χ1) is 10.0. The molecule has 0 bridgehead atoms. The minimum atomic E-state index is -0.0159. The second-order valence-corrected chi connectivity index (χ2v) is 7.51. The van der Waals surface area contributed by atoms with Gasteiger partial charge in [-0.05, 0) is 38.6 Å². The van der Waals surface area contributed by atoms with Gasteiger partial charge in [-0.2, -0.15) is 0 Å². The maximum absolute atomic E-state index is 6.49. The molecular weight excluding hydrogens is 328 g/mol. The van der Waals surface area contributed by atoms with E-state index in [2.05, 4.69) is 65.1 Å². The molecule has 2 aliphatic heterocycles. The van der Waals surface area contributed by atoms with Crippen molar-refractivity contribution in [1.82, 2.24) is 10.2 Å². The number of hydrogen-bond donors (Lipinski definition) is 1. The van der Waals surface area contributed by atoms with Gasteiger partial charge in [0.05, 0.1) is 0 Å². The highest BCUT2D eigenvalue weighted by Crippen LogP contribution is 2.44. The fourth-order valence-corrected chi connectivity index (χ4v) is 4.02. The van der Waals surface area contributed by atoms with Gasteiger partial charge in [0.1, 0.15) is 11.4 Å². The Morgan fingerprint density at radius 3 is 2.95 bits per heavy atom.